The van der Waals surface area contributed by atoms with Crippen molar-refractivity contribution in [1.29, 1.82) is 0 Å². The van der Waals surface area contributed by atoms with Gasteiger partial charge in [0, 0.05) is 12.6 Å². The van der Waals surface area contributed by atoms with E-state index in [9.17, 15) is 9.59 Å². The van der Waals surface area contributed by atoms with Gasteiger partial charge in [-0.1, -0.05) is 72.8 Å². The van der Waals surface area contributed by atoms with Crippen molar-refractivity contribution in [2.24, 2.45) is 0 Å². The first-order chi connectivity index (χ1) is 15.7. The third-order valence-corrected chi connectivity index (χ3v) is 4.86. The number of hydrogen-bond donors (Lipinski definition) is 1. The van der Waals surface area contributed by atoms with Gasteiger partial charge in [0.1, 0.15) is 5.69 Å². The Morgan fingerprint density at radius 3 is 2.22 bits per heavy atom. The van der Waals surface area contributed by atoms with Crippen molar-refractivity contribution in [3.8, 4) is 5.69 Å². The molecule has 0 saturated carbocycles. The average molecular weight is 425 g/mol. The largest absolute Gasteiger partial charge is 0.372 e. The third kappa shape index (κ3) is 5.56. The van der Waals surface area contributed by atoms with Crippen LogP contribution < -0.4 is 10.9 Å². The van der Waals surface area contributed by atoms with Crippen LogP contribution >= 0.6 is 0 Å². The highest BCUT2D eigenvalue weighted by Crippen LogP contribution is 2.09. The summed E-state index contributed by atoms with van der Waals surface area (Å²) in [5.41, 5.74) is 3.60. The summed E-state index contributed by atoms with van der Waals surface area (Å²) in [6, 6.07) is 29.7. The van der Waals surface area contributed by atoms with Gasteiger partial charge in [-0.15, -0.1) is 0 Å². The smallest absolute Gasteiger partial charge is 0.272 e. The van der Waals surface area contributed by atoms with Crippen LogP contribution in [0.4, 0.5) is 0 Å². The first kappa shape index (κ1) is 21.2. The second-order valence-corrected chi connectivity index (χ2v) is 7.29. The van der Waals surface area contributed by atoms with Gasteiger partial charge >= 0.3 is 0 Å². The van der Waals surface area contributed by atoms with Gasteiger partial charge in [0.2, 0.25) is 0 Å². The maximum Gasteiger partial charge on any atom is 0.272 e. The molecule has 32 heavy (non-hydrogen) atoms. The van der Waals surface area contributed by atoms with Crippen LogP contribution in [0.3, 0.4) is 0 Å². The number of hydrogen-bond acceptors (Lipinski definition) is 4. The summed E-state index contributed by atoms with van der Waals surface area (Å²) in [6.07, 6.45) is 0. The predicted molar refractivity (Wildman–Crippen MR) is 122 cm³/mol. The average Bonchev–Trinajstić information content (AvgIpc) is 2.84. The lowest BCUT2D eigenvalue weighted by molar-refractivity contribution is 0.0944. The Hall–Kier alpha value is -4.03. The highest BCUT2D eigenvalue weighted by molar-refractivity contribution is 5.92. The third-order valence-electron chi connectivity index (χ3n) is 4.86. The van der Waals surface area contributed by atoms with Crippen LogP contribution in [0.1, 0.15) is 27.2 Å². The van der Waals surface area contributed by atoms with Gasteiger partial charge in [-0.2, -0.15) is 9.78 Å². The van der Waals surface area contributed by atoms with Gasteiger partial charge in [0.05, 0.1) is 18.9 Å². The van der Waals surface area contributed by atoms with Crippen molar-refractivity contribution in [1.82, 2.24) is 15.1 Å². The number of nitrogens with one attached hydrogen (secondary N) is 1. The number of carbonyl (C=O) groups excluding carboxylic acids is 1. The first-order valence-electron chi connectivity index (χ1n) is 10.3. The molecule has 0 atom stereocenters. The number of para-hydroxylation sites is 1. The van der Waals surface area contributed by atoms with Crippen molar-refractivity contribution < 1.29 is 9.53 Å². The lowest BCUT2D eigenvalue weighted by Gasteiger charge is -2.09. The summed E-state index contributed by atoms with van der Waals surface area (Å²) >= 11 is 0. The molecular weight excluding hydrogens is 402 g/mol. The molecule has 0 aliphatic carbocycles. The van der Waals surface area contributed by atoms with Gasteiger partial charge in [-0.3, -0.25) is 9.59 Å². The summed E-state index contributed by atoms with van der Waals surface area (Å²) in [6.45, 7) is 1.38. The number of rotatable bonds is 8. The molecule has 3 aromatic carbocycles. The zero-order valence-corrected chi connectivity index (χ0v) is 17.5. The lowest BCUT2D eigenvalue weighted by atomic mass is 10.1. The van der Waals surface area contributed by atoms with E-state index in [4.69, 9.17) is 4.74 Å². The molecule has 0 radical (unpaired) electrons. The van der Waals surface area contributed by atoms with Crippen LogP contribution in [0.5, 0.6) is 0 Å². The molecule has 0 aliphatic rings. The fourth-order valence-corrected chi connectivity index (χ4v) is 3.25. The minimum Gasteiger partial charge on any atom is -0.372 e. The first-order valence-corrected chi connectivity index (χ1v) is 10.3. The molecule has 0 spiro atoms. The van der Waals surface area contributed by atoms with Gasteiger partial charge in [0.25, 0.3) is 11.5 Å². The van der Waals surface area contributed by atoms with Crippen LogP contribution in [0.2, 0.25) is 0 Å². The highest BCUT2D eigenvalue weighted by Gasteiger charge is 2.10. The molecule has 0 aliphatic heterocycles. The number of amides is 1. The lowest BCUT2D eigenvalue weighted by Crippen LogP contribution is -2.28. The molecular formula is C26H23N3O3. The highest BCUT2D eigenvalue weighted by atomic mass is 16.5. The van der Waals surface area contributed by atoms with Crippen molar-refractivity contribution in [2.45, 2.75) is 19.8 Å². The summed E-state index contributed by atoms with van der Waals surface area (Å²) < 4.78 is 7.01. The van der Waals surface area contributed by atoms with Gasteiger partial charge < -0.3 is 10.1 Å². The second-order valence-electron chi connectivity index (χ2n) is 7.29. The van der Waals surface area contributed by atoms with E-state index >= 15 is 0 Å². The van der Waals surface area contributed by atoms with Gasteiger partial charge in [0.15, 0.2) is 0 Å². The molecule has 0 saturated heterocycles. The SMILES string of the molecule is O=C(NCc1cccc(COCc2ccccc2)c1)c1ccc(=O)n(-c2ccccc2)n1. The monoisotopic (exact) mass is 425 g/mol. The molecule has 1 heterocycles. The molecule has 1 N–H and O–H groups in total. The summed E-state index contributed by atoms with van der Waals surface area (Å²) in [7, 11) is 0. The Bertz CT molecular complexity index is 1240. The Balaban J connectivity index is 1.36. The fraction of sp³-hybridized carbons (Fsp3) is 0.115. The standard InChI is InChI=1S/C26H23N3O3/c30-25-15-14-24(28-29(25)23-12-5-2-6-13-23)26(31)27-17-21-10-7-11-22(16-21)19-32-18-20-8-3-1-4-9-20/h1-16H,17-19H2,(H,27,31). The number of nitrogens with zero attached hydrogens (tertiary/aromatic N) is 2. The normalized spacial score (nSPS) is 10.6. The second kappa shape index (κ2) is 10.3. The van der Waals surface area contributed by atoms with E-state index in [1.165, 1.54) is 16.8 Å². The Morgan fingerprint density at radius 1 is 0.781 bits per heavy atom. The molecule has 4 rings (SSSR count). The van der Waals surface area contributed by atoms with E-state index in [1.807, 2.05) is 72.8 Å². The Morgan fingerprint density at radius 2 is 1.44 bits per heavy atom. The van der Waals surface area contributed by atoms with E-state index in [-0.39, 0.29) is 17.2 Å². The number of carbonyl (C=O) groups is 1. The van der Waals surface area contributed by atoms with E-state index in [2.05, 4.69) is 10.4 Å². The maximum atomic E-state index is 12.6. The van der Waals surface area contributed by atoms with Crippen LogP contribution in [0.25, 0.3) is 5.69 Å². The van der Waals surface area contributed by atoms with Gasteiger partial charge in [-0.05, 0) is 34.9 Å². The molecule has 4 aromatic rings. The van der Waals surface area contributed by atoms with Crippen molar-refractivity contribution >= 4 is 5.91 Å². The van der Waals surface area contributed by atoms with Crippen molar-refractivity contribution in [2.75, 3.05) is 0 Å². The maximum absolute atomic E-state index is 12.6. The zero-order valence-electron chi connectivity index (χ0n) is 17.5. The van der Waals surface area contributed by atoms with E-state index in [0.29, 0.717) is 25.4 Å². The summed E-state index contributed by atoms with van der Waals surface area (Å²) in [4.78, 5) is 24.8. The van der Waals surface area contributed by atoms with Crippen LogP contribution in [0, 0.1) is 0 Å². The molecule has 1 aromatic heterocycles. The van der Waals surface area contributed by atoms with E-state index in [1.54, 1.807) is 12.1 Å². The summed E-state index contributed by atoms with van der Waals surface area (Å²) in [5, 5.41) is 7.08. The summed E-state index contributed by atoms with van der Waals surface area (Å²) in [5.74, 6) is -0.347. The van der Waals surface area contributed by atoms with E-state index in [0.717, 1.165) is 16.7 Å². The molecule has 0 fully saturated rings. The Labute approximate surface area is 186 Å². The van der Waals surface area contributed by atoms with Crippen LogP contribution in [-0.2, 0) is 24.5 Å². The Kier molecular flexibility index (Phi) is 6.84. The predicted octanol–water partition coefficient (Wildman–Crippen LogP) is 3.88. The molecule has 6 nitrogen and oxygen atoms in total. The van der Waals surface area contributed by atoms with Crippen LogP contribution in [-0.4, -0.2) is 15.7 Å². The molecule has 0 unspecified atom stereocenters. The van der Waals surface area contributed by atoms with E-state index < -0.39 is 0 Å². The fourth-order valence-electron chi connectivity index (χ4n) is 3.25. The van der Waals surface area contributed by atoms with Crippen molar-refractivity contribution in [3.05, 3.63) is 130 Å². The van der Waals surface area contributed by atoms with Crippen molar-refractivity contribution in [3.63, 3.8) is 0 Å². The molecule has 6 heteroatoms. The minimum absolute atomic E-state index is 0.177. The zero-order chi connectivity index (χ0) is 22.2. The van der Waals surface area contributed by atoms with Crippen LogP contribution in [0.15, 0.2) is 102 Å². The quantitative estimate of drug-likeness (QED) is 0.465. The molecule has 160 valence electrons. The number of ether oxygens (including phenoxy) is 1. The molecule has 0 bridgehead atoms. The number of benzene rings is 3. The molecule has 1 amide bonds. The minimum atomic E-state index is -0.347. The number of aromatic nitrogens is 2. The topological polar surface area (TPSA) is 73.2 Å². The van der Waals surface area contributed by atoms with Gasteiger partial charge in [-0.25, -0.2) is 0 Å².